The first-order valence-electron chi connectivity index (χ1n) is 7.71. The van der Waals surface area contributed by atoms with Gasteiger partial charge in [-0.25, -0.2) is 0 Å². The van der Waals surface area contributed by atoms with Crippen LogP contribution >= 0.6 is 35.7 Å². The highest BCUT2D eigenvalue weighted by atomic mass is 127. The summed E-state index contributed by atoms with van der Waals surface area (Å²) in [7, 11) is -0.835. The summed E-state index contributed by atoms with van der Waals surface area (Å²) in [4.78, 5) is 7.02. The molecule has 0 spiro atoms. The number of thioether (sulfide) groups is 1. The minimum absolute atomic E-state index is 0. The minimum Gasteiger partial charge on any atom is -0.357 e. The van der Waals surface area contributed by atoms with Crippen molar-refractivity contribution in [2.75, 3.05) is 37.7 Å². The molecule has 1 fully saturated rings. The fourth-order valence-corrected chi connectivity index (χ4v) is 4.14. The molecule has 7 heteroatoms. The van der Waals surface area contributed by atoms with Crippen LogP contribution in [0.25, 0.3) is 0 Å². The van der Waals surface area contributed by atoms with E-state index in [2.05, 4.69) is 36.0 Å². The fourth-order valence-electron chi connectivity index (χ4n) is 2.16. The van der Waals surface area contributed by atoms with Crippen LogP contribution in [0.4, 0.5) is 0 Å². The molecule has 0 bridgehead atoms. The zero-order valence-electron chi connectivity index (χ0n) is 14.8. The zero-order valence-corrected chi connectivity index (χ0v) is 18.7. The molecule has 0 amide bonds. The summed E-state index contributed by atoms with van der Waals surface area (Å²) >= 11 is 2.02. The van der Waals surface area contributed by atoms with Gasteiger partial charge in [0.15, 0.2) is 5.96 Å². The van der Waals surface area contributed by atoms with E-state index in [1.165, 1.54) is 0 Å². The van der Waals surface area contributed by atoms with Crippen molar-refractivity contribution in [2.45, 2.75) is 51.0 Å². The van der Waals surface area contributed by atoms with Crippen molar-refractivity contribution < 1.29 is 4.21 Å². The molecule has 0 aromatic carbocycles. The van der Waals surface area contributed by atoms with E-state index >= 15 is 0 Å². The maximum Gasteiger partial charge on any atom is 0.194 e. The van der Waals surface area contributed by atoms with Crippen molar-refractivity contribution in [3.63, 3.8) is 0 Å². The molecule has 132 valence electrons. The fraction of sp³-hybridized carbons (Fsp3) is 0.933. The van der Waals surface area contributed by atoms with Gasteiger partial charge in [0.05, 0.1) is 6.54 Å². The SMILES string of the molecule is CCNC(=NCCS(=O)C(C)(C)C)N1CCSC(C)(C)C1.I. The lowest BCUT2D eigenvalue weighted by Gasteiger charge is -2.39. The van der Waals surface area contributed by atoms with Crippen molar-refractivity contribution in [3.8, 4) is 0 Å². The summed E-state index contributed by atoms with van der Waals surface area (Å²) in [6.07, 6.45) is 0. The third-order valence-corrected chi connectivity index (χ3v) is 6.50. The molecule has 1 aliphatic rings. The van der Waals surface area contributed by atoms with Crippen LogP contribution < -0.4 is 5.32 Å². The Morgan fingerprint density at radius 1 is 1.41 bits per heavy atom. The highest BCUT2D eigenvalue weighted by Crippen LogP contribution is 2.29. The Labute approximate surface area is 160 Å². The molecule has 0 aromatic heterocycles. The van der Waals surface area contributed by atoms with Crippen LogP contribution in [0.2, 0.25) is 0 Å². The van der Waals surface area contributed by atoms with Gasteiger partial charge in [-0.15, -0.1) is 24.0 Å². The second-order valence-electron chi connectivity index (χ2n) is 6.93. The van der Waals surface area contributed by atoms with E-state index < -0.39 is 10.8 Å². The van der Waals surface area contributed by atoms with Gasteiger partial charge in [0.2, 0.25) is 0 Å². The smallest absolute Gasteiger partial charge is 0.194 e. The third-order valence-electron chi connectivity index (χ3n) is 3.28. The summed E-state index contributed by atoms with van der Waals surface area (Å²) in [5.41, 5.74) is 0. The molecule has 1 rings (SSSR count). The normalized spacial score (nSPS) is 20.3. The molecule has 0 aliphatic carbocycles. The lowest BCUT2D eigenvalue weighted by molar-refractivity contribution is 0.376. The van der Waals surface area contributed by atoms with E-state index in [-0.39, 0.29) is 33.5 Å². The first-order chi connectivity index (χ1) is 9.65. The number of halogens is 1. The predicted molar refractivity (Wildman–Crippen MR) is 112 cm³/mol. The molecule has 0 saturated carbocycles. The molecule has 0 aromatic rings. The number of nitrogens with zero attached hydrogens (tertiary/aromatic N) is 2. The van der Waals surface area contributed by atoms with Gasteiger partial charge in [-0.2, -0.15) is 11.8 Å². The molecule has 1 aliphatic heterocycles. The molecule has 0 radical (unpaired) electrons. The summed E-state index contributed by atoms with van der Waals surface area (Å²) in [5.74, 6) is 2.73. The average Bonchev–Trinajstić information content (AvgIpc) is 2.35. The molecule has 1 atom stereocenters. The van der Waals surface area contributed by atoms with Gasteiger partial charge in [-0.05, 0) is 41.5 Å². The van der Waals surface area contributed by atoms with Crippen molar-refractivity contribution in [2.24, 2.45) is 4.99 Å². The van der Waals surface area contributed by atoms with Crippen molar-refractivity contribution in [3.05, 3.63) is 0 Å². The maximum atomic E-state index is 12.1. The van der Waals surface area contributed by atoms with Gasteiger partial charge in [0.25, 0.3) is 0 Å². The van der Waals surface area contributed by atoms with Crippen LogP contribution in [0, 0.1) is 0 Å². The summed E-state index contributed by atoms with van der Waals surface area (Å²) < 4.78 is 12.2. The average molecular weight is 461 g/mol. The lowest BCUT2D eigenvalue weighted by atomic mass is 10.2. The van der Waals surface area contributed by atoms with Crippen molar-refractivity contribution >= 4 is 52.5 Å². The van der Waals surface area contributed by atoms with Gasteiger partial charge >= 0.3 is 0 Å². The molecule has 22 heavy (non-hydrogen) atoms. The number of nitrogens with one attached hydrogen (secondary N) is 1. The summed E-state index contributed by atoms with van der Waals surface area (Å²) in [6, 6.07) is 0. The standard InChI is InChI=1S/C15H31N3OS2.HI/c1-7-16-13(17-8-11-21(19)14(2,3)4)18-9-10-20-15(5,6)12-18;/h7-12H2,1-6H3,(H,16,17);1H. The molecular weight excluding hydrogens is 429 g/mol. The molecular formula is C15H32IN3OS2. The van der Waals surface area contributed by atoms with Gasteiger partial charge < -0.3 is 10.2 Å². The highest BCUT2D eigenvalue weighted by Gasteiger charge is 2.28. The second kappa shape index (κ2) is 9.71. The molecule has 4 nitrogen and oxygen atoms in total. The number of hydrogen-bond donors (Lipinski definition) is 1. The van der Waals surface area contributed by atoms with Gasteiger partial charge in [-0.1, -0.05) is 0 Å². The van der Waals surface area contributed by atoms with E-state index in [4.69, 9.17) is 0 Å². The van der Waals surface area contributed by atoms with Crippen LogP contribution in [0.5, 0.6) is 0 Å². The van der Waals surface area contributed by atoms with Crippen LogP contribution in [0.15, 0.2) is 4.99 Å². The second-order valence-corrected chi connectivity index (χ2v) is 11.1. The Balaban J connectivity index is 0.00000441. The van der Waals surface area contributed by atoms with Gasteiger partial charge in [0, 0.05) is 51.4 Å². The van der Waals surface area contributed by atoms with Gasteiger partial charge in [-0.3, -0.25) is 9.20 Å². The first kappa shape index (κ1) is 22.5. The van der Waals surface area contributed by atoms with Crippen molar-refractivity contribution in [1.29, 1.82) is 0 Å². The molecule has 1 N–H and O–H groups in total. The largest absolute Gasteiger partial charge is 0.357 e. The quantitative estimate of drug-likeness (QED) is 0.397. The topological polar surface area (TPSA) is 44.7 Å². The number of hydrogen-bond acceptors (Lipinski definition) is 3. The van der Waals surface area contributed by atoms with Gasteiger partial charge in [0.1, 0.15) is 0 Å². The van der Waals surface area contributed by atoms with E-state index in [0.29, 0.717) is 12.3 Å². The van der Waals surface area contributed by atoms with E-state index in [9.17, 15) is 4.21 Å². The number of rotatable bonds is 4. The Bertz CT molecular complexity index is 395. The van der Waals surface area contributed by atoms with E-state index in [1.807, 2.05) is 32.5 Å². The predicted octanol–water partition coefficient (Wildman–Crippen LogP) is 2.94. The lowest BCUT2D eigenvalue weighted by Crippen LogP contribution is -2.51. The molecule has 1 unspecified atom stereocenters. The Morgan fingerprint density at radius 2 is 2.05 bits per heavy atom. The van der Waals surface area contributed by atoms with Crippen molar-refractivity contribution in [1.82, 2.24) is 10.2 Å². The van der Waals surface area contributed by atoms with Crippen LogP contribution in [-0.2, 0) is 10.8 Å². The van der Waals surface area contributed by atoms with Crippen LogP contribution in [0.3, 0.4) is 0 Å². The number of aliphatic imine (C=N–C) groups is 1. The maximum absolute atomic E-state index is 12.1. The molecule has 1 heterocycles. The monoisotopic (exact) mass is 461 g/mol. The first-order valence-corrected chi connectivity index (χ1v) is 10.0. The highest BCUT2D eigenvalue weighted by molar-refractivity contribution is 14.0. The molecule has 1 saturated heterocycles. The minimum atomic E-state index is -0.835. The third kappa shape index (κ3) is 7.86. The summed E-state index contributed by atoms with van der Waals surface area (Å²) in [6.45, 7) is 16.2. The Hall–Kier alpha value is 0.500. The number of guanidine groups is 1. The Morgan fingerprint density at radius 3 is 2.55 bits per heavy atom. The van der Waals surface area contributed by atoms with E-state index in [1.54, 1.807) is 0 Å². The van der Waals surface area contributed by atoms with E-state index in [0.717, 1.165) is 31.3 Å². The Kier molecular flexibility index (Phi) is 9.93. The summed E-state index contributed by atoms with van der Waals surface area (Å²) in [5, 5.41) is 3.37. The zero-order chi connectivity index (χ0) is 16.1. The van der Waals surface area contributed by atoms with Crippen LogP contribution in [0.1, 0.15) is 41.5 Å². The van der Waals surface area contributed by atoms with Crippen LogP contribution in [-0.4, -0.2) is 62.2 Å².